The van der Waals surface area contributed by atoms with E-state index in [1.807, 2.05) is 0 Å². The lowest BCUT2D eigenvalue weighted by molar-refractivity contribution is 0.0173. The van der Waals surface area contributed by atoms with E-state index >= 15 is 0 Å². The van der Waals surface area contributed by atoms with Crippen molar-refractivity contribution in [3.63, 3.8) is 0 Å². The lowest BCUT2D eigenvalue weighted by atomic mass is 10.1. The van der Waals surface area contributed by atoms with E-state index in [4.69, 9.17) is 4.74 Å². The van der Waals surface area contributed by atoms with E-state index in [-0.39, 0.29) is 0 Å². The van der Waals surface area contributed by atoms with E-state index < -0.39 is 0 Å². The minimum Gasteiger partial charge on any atom is -0.379 e. The van der Waals surface area contributed by atoms with E-state index in [1.54, 1.807) is 0 Å². The second-order valence-corrected chi connectivity index (χ2v) is 4.22. The van der Waals surface area contributed by atoms with E-state index in [2.05, 4.69) is 11.8 Å². The van der Waals surface area contributed by atoms with Crippen molar-refractivity contribution in [1.29, 1.82) is 0 Å². The molecule has 2 nitrogen and oxygen atoms in total. The van der Waals surface area contributed by atoms with Crippen molar-refractivity contribution < 1.29 is 4.74 Å². The van der Waals surface area contributed by atoms with Gasteiger partial charge in [-0.2, -0.15) is 0 Å². The summed E-state index contributed by atoms with van der Waals surface area (Å²) in [6, 6.07) is 0.879. The molecule has 0 aromatic rings. The molecule has 1 saturated heterocycles. The lowest BCUT2D eigenvalue weighted by Gasteiger charge is -2.32. The predicted octanol–water partition coefficient (Wildman–Crippen LogP) is 1.51. The van der Waals surface area contributed by atoms with Crippen LogP contribution >= 0.6 is 0 Å². The molecule has 1 aliphatic carbocycles. The van der Waals surface area contributed by atoms with Crippen molar-refractivity contribution in [1.82, 2.24) is 4.90 Å². The fraction of sp³-hybridized carbons (Fsp3) is 1.00. The van der Waals surface area contributed by atoms with Gasteiger partial charge in [0.15, 0.2) is 0 Å². The van der Waals surface area contributed by atoms with Crippen molar-refractivity contribution in [2.75, 3.05) is 26.3 Å². The van der Waals surface area contributed by atoms with Crippen LogP contribution in [0.5, 0.6) is 0 Å². The molecule has 1 heterocycles. The molecule has 2 rings (SSSR count). The van der Waals surface area contributed by atoms with Gasteiger partial charge in [0.05, 0.1) is 13.2 Å². The van der Waals surface area contributed by atoms with Crippen molar-refractivity contribution in [2.24, 2.45) is 5.92 Å². The van der Waals surface area contributed by atoms with Crippen molar-refractivity contribution >= 4 is 0 Å². The third-order valence-corrected chi connectivity index (χ3v) is 3.23. The first-order chi connectivity index (χ1) is 5.86. The van der Waals surface area contributed by atoms with E-state index in [0.29, 0.717) is 0 Å². The summed E-state index contributed by atoms with van der Waals surface area (Å²) in [7, 11) is 0. The Morgan fingerprint density at radius 1 is 1.17 bits per heavy atom. The molecule has 0 amide bonds. The molecule has 1 saturated carbocycles. The molecule has 2 aliphatic rings. The molecule has 1 aliphatic heterocycles. The van der Waals surface area contributed by atoms with Crippen LogP contribution in [0.1, 0.15) is 26.2 Å². The molecule has 2 heteroatoms. The Kier molecular flexibility index (Phi) is 2.66. The number of rotatable bonds is 1. The minimum absolute atomic E-state index is 0.879. The van der Waals surface area contributed by atoms with Gasteiger partial charge in [-0.25, -0.2) is 0 Å². The molecule has 70 valence electrons. The van der Waals surface area contributed by atoms with E-state index in [0.717, 1.165) is 38.3 Å². The highest BCUT2D eigenvalue weighted by atomic mass is 16.5. The van der Waals surface area contributed by atoms with Crippen molar-refractivity contribution in [3.8, 4) is 0 Å². The molecule has 0 aromatic carbocycles. The molecule has 0 radical (unpaired) electrons. The fourth-order valence-corrected chi connectivity index (χ4v) is 2.45. The Hall–Kier alpha value is -0.0800. The molecule has 12 heavy (non-hydrogen) atoms. The fourth-order valence-electron chi connectivity index (χ4n) is 2.45. The molecule has 0 aromatic heterocycles. The van der Waals surface area contributed by atoms with E-state index in [1.165, 1.54) is 19.3 Å². The first-order valence-corrected chi connectivity index (χ1v) is 5.18. The maximum Gasteiger partial charge on any atom is 0.0594 e. The average Bonchev–Trinajstić information content (AvgIpc) is 2.54. The zero-order chi connectivity index (χ0) is 8.39. The molecular weight excluding hydrogens is 150 g/mol. The maximum absolute atomic E-state index is 5.34. The van der Waals surface area contributed by atoms with Gasteiger partial charge in [0.2, 0.25) is 0 Å². The summed E-state index contributed by atoms with van der Waals surface area (Å²) >= 11 is 0. The number of hydrogen-bond donors (Lipinski definition) is 0. The number of morpholine rings is 1. The van der Waals surface area contributed by atoms with Gasteiger partial charge in [-0.05, 0) is 25.2 Å². The monoisotopic (exact) mass is 169 g/mol. The molecule has 0 spiro atoms. The van der Waals surface area contributed by atoms with Crippen LogP contribution in [0.4, 0.5) is 0 Å². The van der Waals surface area contributed by atoms with Gasteiger partial charge in [0.25, 0.3) is 0 Å². The summed E-state index contributed by atoms with van der Waals surface area (Å²) in [5, 5.41) is 0. The van der Waals surface area contributed by atoms with Crippen molar-refractivity contribution in [3.05, 3.63) is 0 Å². The highest BCUT2D eigenvalue weighted by Gasteiger charge is 2.27. The molecule has 2 fully saturated rings. The predicted molar refractivity (Wildman–Crippen MR) is 49.2 cm³/mol. The number of nitrogens with zero attached hydrogens (tertiary/aromatic N) is 1. The summed E-state index contributed by atoms with van der Waals surface area (Å²) in [6.45, 7) is 6.60. The third-order valence-electron chi connectivity index (χ3n) is 3.23. The zero-order valence-corrected chi connectivity index (χ0v) is 7.96. The topological polar surface area (TPSA) is 12.5 Å². The molecule has 0 bridgehead atoms. The highest BCUT2D eigenvalue weighted by molar-refractivity contribution is 4.81. The maximum atomic E-state index is 5.34. The number of hydrogen-bond acceptors (Lipinski definition) is 2. The quantitative estimate of drug-likeness (QED) is 0.590. The Labute approximate surface area is 74.9 Å². The Morgan fingerprint density at radius 2 is 1.92 bits per heavy atom. The average molecular weight is 169 g/mol. The van der Waals surface area contributed by atoms with Gasteiger partial charge in [-0.3, -0.25) is 4.90 Å². The Morgan fingerprint density at radius 3 is 2.50 bits per heavy atom. The summed E-state index contributed by atoms with van der Waals surface area (Å²) in [6.07, 6.45) is 4.27. The summed E-state index contributed by atoms with van der Waals surface area (Å²) in [4.78, 5) is 2.62. The van der Waals surface area contributed by atoms with Gasteiger partial charge >= 0.3 is 0 Å². The van der Waals surface area contributed by atoms with Crippen LogP contribution in [0.25, 0.3) is 0 Å². The van der Waals surface area contributed by atoms with Crippen LogP contribution < -0.4 is 0 Å². The smallest absolute Gasteiger partial charge is 0.0594 e. The third kappa shape index (κ3) is 1.80. The van der Waals surface area contributed by atoms with E-state index in [9.17, 15) is 0 Å². The minimum atomic E-state index is 0.879. The molecule has 0 unspecified atom stereocenters. The second kappa shape index (κ2) is 3.75. The van der Waals surface area contributed by atoms with Gasteiger partial charge in [-0.1, -0.05) is 6.92 Å². The number of ether oxygens (including phenoxy) is 1. The van der Waals surface area contributed by atoms with Crippen LogP contribution in [0, 0.1) is 5.92 Å². The lowest BCUT2D eigenvalue weighted by Crippen LogP contribution is -2.42. The molecule has 2 atom stereocenters. The largest absolute Gasteiger partial charge is 0.379 e. The van der Waals surface area contributed by atoms with Crippen LogP contribution in [0.15, 0.2) is 0 Å². The van der Waals surface area contributed by atoms with Crippen LogP contribution in [-0.2, 0) is 4.74 Å². The summed E-state index contributed by atoms with van der Waals surface area (Å²) in [5.41, 5.74) is 0. The van der Waals surface area contributed by atoms with Gasteiger partial charge < -0.3 is 4.74 Å². The zero-order valence-electron chi connectivity index (χ0n) is 7.96. The first-order valence-electron chi connectivity index (χ1n) is 5.18. The SMILES string of the molecule is C[C@@H]1CC[C@H](N2CCOCC2)C1. The first kappa shape index (κ1) is 8.52. The van der Waals surface area contributed by atoms with Gasteiger partial charge in [0.1, 0.15) is 0 Å². The summed E-state index contributed by atoms with van der Waals surface area (Å²) in [5.74, 6) is 0.956. The Bertz CT molecular complexity index is 140. The summed E-state index contributed by atoms with van der Waals surface area (Å²) < 4.78 is 5.34. The van der Waals surface area contributed by atoms with Crippen LogP contribution in [-0.4, -0.2) is 37.2 Å². The van der Waals surface area contributed by atoms with Gasteiger partial charge in [0, 0.05) is 19.1 Å². The highest BCUT2D eigenvalue weighted by Crippen LogP contribution is 2.28. The molecule has 0 N–H and O–H groups in total. The van der Waals surface area contributed by atoms with Crippen LogP contribution in [0.3, 0.4) is 0 Å². The van der Waals surface area contributed by atoms with Crippen LogP contribution in [0.2, 0.25) is 0 Å². The standard InChI is InChI=1S/C10H19NO/c1-9-2-3-10(8-9)11-4-6-12-7-5-11/h9-10H,2-8H2,1H3/t9-,10+/m1/s1. The van der Waals surface area contributed by atoms with Gasteiger partial charge in [-0.15, -0.1) is 0 Å². The Balaban J connectivity index is 1.83. The second-order valence-electron chi connectivity index (χ2n) is 4.22. The molecular formula is C10H19NO. The van der Waals surface area contributed by atoms with Crippen molar-refractivity contribution in [2.45, 2.75) is 32.2 Å². The normalized spacial score (nSPS) is 38.8.